The van der Waals surface area contributed by atoms with Gasteiger partial charge in [0.2, 0.25) is 0 Å². The number of aryl methyl sites for hydroxylation is 1. The van der Waals surface area contributed by atoms with E-state index in [2.05, 4.69) is 79.1 Å². The third-order valence-corrected chi connectivity index (χ3v) is 2.60. The fraction of sp³-hybridized carbons (Fsp3) is 0.333. The highest BCUT2D eigenvalue weighted by molar-refractivity contribution is 5.81. The molecule has 3 aromatic rings. The molecular weight excluding hydrogens is 316 g/mol. The van der Waals surface area contributed by atoms with Crippen LogP contribution in [0, 0.1) is 6.92 Å². The van der Waals surface area contributed by atoms with Gasteiger partial charge in [0.15, 0.2) is 0 Å². The SMILES string of the molecule is C.CC.CC.CN.CN.Cc1ccccc1.c1ccc2ccccc2c1. The van der Waals surface area contributed by atoms with Crippen molar-refractivity contribution in [1.29, 1.82) is 0 Å². The molecule has 0 heterocycles. The monoisotopic (exact) mass is 358 g/mol. The van der Waals surface area contributed by atoms with Gasteiger partial charge in [-0.05, 0) is 31.8 Å². The maximum Gasteiger partial charge on any atom is -0.0184 e. The van der Waals surface area contributed by atoms with Crippen molar-refractivity contribution in [1.82, 2.24) is 0 Å². The minimum Gasteiger partial charge on any atom is -0.333 e. The predicted molar refractivity (Wildman–Crippen MR) is 125 cm³/mol. The molecule has 0 aliphatic carbocycles. The molecule has 0 aliphatic rings. The van der Waals surface area contributed by atoms with E-state index in [0.717, 1.165) is 0 Å². The van der Waals surface area contributed by atoms with E-state index in [1.165, 1.54) is 30.4 Å². The third kappa shape index (κ3) is 16.7. The van der Waals surface area contributed by atoms with Crippen LogP contribution in [-0.4, -0.2) is 14.1 Å². The van der Waals surface area contributed by atoms with E-state index in [1.54, 1.807) is 0 Å². The molecule has 2 heteroatoms. The van der Waals surface area contributed by atoms with Gasteiger partial charge in [-0.2, -0.15) is 0 Å². The minimum absolute atomic E-state index is 0. The highest BCUT2D eigenvalue weighted by Gasteiger charge is 1.85. The van der Waals surface area contributed by atoms with Gasteiger partial charge in [0.05, 0.1) is 0 Å². The first kappa shape index (κ1) is 31.6. The molecule has 0 bridgehead atoms. The fourth-order valence-electron chi connectivity index (χ4n) is 1.67. The first-order chi connectivity index (χ1) is 12.4. The Morgan fingerprint density at radius 2 is 0.692 bits per heavy atom. The lowest BCUT2D eigenvalue weighted by molar-refractivity contribution is 1.48. The summed E-state index contributed by atoms with van der Waals surface area (Å²) in [6.45, 7) is 10.1. The Kier molecular flexibility index (Phi) is 33.6. The Morgan fingerprint density at radius 1 is 0.462 bits per heavy atom. The lowest BCUT2D eigenvalue weighted by Gasteiger charge is -1.92. The van der Waals surface area contributed by atoms with E-state index in [4.69, 9.17) is 0 Å². The third-order valence-electron chi connectivity index (χ3n) is 2.60. The first-order valence-electron chi connectivity index (χ1n) is 8.97. The van der Waals surface area contributed by atoms with E-state index < -0.39 is 0 Å². The van der Waals surface area contributed by atoms with Gasteiger partial charge in [0.25, 0.3) is 0 Å². The summed E-state index contributed by atoms with van der Waals surface area (Å²) < 4.78 is 0. The van der Waals surface area contributed by atoms with E-state index in [-0.39, 0.29) is 7.43 Å². The van der Waals surface area contributed by atoms with Gasteiger partial charge < -0.3 is 11.5 Å². The second-order valence-electron chi connectivity index (χ2n) is 4.00. The Hall–Kier alpha value is -2.16. The first-order valence-corrected chi connectivity index (χ1v) is 8.97. The maximum absolute atomic E-state index is 4.50. The van der Waals surface area contributed by atoms with Crippen molar-refractivity contribution in [3.05, 3.63) is 84.4 Å². The van der Waals surface area contributed by atoms with Gasteiger partial charge >= 0.3 is 0 Å². The van der Waals surface area contributed by atoms with Crippen LogP contribution in [0.3, 0.4) is 0 Å². The molecule has 0 saturated heterocycles. The zero-order valence-corrected chi connectivity index (χ0v) is 17.2. The van der Waals surface area contributed by atoms with Gasteiger partial charge in [-0.3, -0.25) is 0 Å². The number of rotatable bonds is 0. The Labute approximate surface area is 163 Å². The molecule has 0 spiro atoms. The van der Waals surface area contributed by atoms with Crippen molar-refractivity contribution in [2.24, 2.45) is 11.5 Å². The average molecular weight is 359 g/mol. The van der Waals surface area contributed by atoms with Crippen LogP contribution < -0.4 is 11.5 Å². The molecule has 0 radical (unpaired) electrons. The van der Waals surface area contributed by atoms with Gasteiger partial charge in [-0.1, -0.05) is 120 Å². The normalized spacial score (nSPS) is 7.12. The summed E-state index contributed by atoms with van der Waals surface area (Å²) in [7, 11) is 3.00. The van der Waals surface area contributed by atoms with Crippen LogP contribution in [-0.2, 0) is 0 Å². The molecule has 148 valence electrons. The van der Waals surface area contributed by atoms with Crippen molar-refractivity contribution in [2.75, 3.05) is 14.1 Å². The summed E-state index contributed by atoms with van der Waals surface area (Å²) in [5.41, 5.74) is 10.3. The molecule has 0 atom stereocenters. The van der Waals surface area contributed by atoms with Crippen molar-refractivity contribution < 1.29 is 0 Å². The lowest BCUT2D eigenvalue weighted by atomic mass is 10.1. The van der Waals surface area contributed by atoms with Gasteiger partial charge in [-0.15, -0.1) is 0 Å². The molecule has 0 amide bonds. The fourth-order valence-corrected chi connectivity index (χ4v) is 1.67. The average Bonchev–Trinajstić information content (AvgIpc) is 2.75. The van der Waals surface area contributed by atoms with Crippen LogP contribution in [0.25, 0.3) is 10.8 Å². The molecule has 0 aromatic heterocycles. The highest BCUT2D eigenvalue weighted by Crippen LogP contribution is 2.11. The molecular formula is C24H42N2. The molecule has 4 N–H and O–H groups in total. The van der Waals surface area contributed by atoms with Crippen LogP contribution in [0.4, 0.5) is 0 Å². The highest BCUT2D eigenvalue weighted by atomic mass is 14.4. The predicted octanol–water partition coefficient (Wildman–Crippen LogP) is 6.67. The lowest BCUT2D eigenvalue weighted by Crippen LogP contribution is -1.69. The van der Waals surface area contributed by atoms with Crippen molar-refractivity contribution in [2.45, 2.75) is 42.0 Å². The molecule has 0 saturated carbocycles. The minimum atomic E-state index is 0. The standard InChI is InChI=1S/C10H8.C7H8.2C2H6.2CH5N.CH4/c1-2-6-10-8-4-3-7-9(10)5-1;1-7-5-3-2-4-6-7;4*1-2;/h1-8H;2-6H,1H3;2*1-2H3;2*2H2,1H3;1H4. The molecule has 0 unspecified atom stereocenters. The molecule has 3 rings (SSSR count). The van der Waals surface area contributed by atoms with Crippen molar-refractivity contribution in [3.8, 4) is 0 Å². The van der Waals surface area contributed by atoms with Crippen LogP contribution in [0.2, 0.25) is 0 Å². The van der Waals surface area contributed by atoms with Crippen LogP contribution in [0.15, 0.2) is 78.9 Å². The van der Waals surface area contributed by atoms with Gasteiger partial charge in [0, 0.05) is 0 Å². The molecule has 0 fully saturated rings. The molecule has 2 nitrogen and oxygen atoms in total. The number of benzene rings is 3. The topological polar surface area (TPSA) is 52.0 Å². The maximum atomic E-state index is 4.50. The second kappa shape index (κ2) is 27.7. The summed E-state index contributed by atoms with van der Waals surface area (Å²) in [6, 6.07) is 27.0. The number of hydrogen-bond donors (Lipinski definition) is 2. The Bertz CT molecular complexity index is 512. The van der Waals surface area contributed by atoms with E-state index in [1.807, 2.05) is 45.9 Å². The largest absolute Gasteiger partial charge is 0.333 e. The summed E-state index contributed by atoms with van der Waals surface area (Å²) in [4.78, 5) is 0. The van der Waals surface area contributed by atoms with E-state index >= 15 is 0 Å². The van der Waals surface area contributed by atoms with Crippen LogP contribution in [0.1, 0.15) is 40.7 Å². The number of nitrogens with two attached hydrogens (primary N) is 2. The zero-order valence-electron chi connectivity index (χ0n) is 17.2. The Morgan fingerprint density at radius 3 is 0.885 bits per heavy atom. The van der Waals surface area contributed by atoms with Crippen LogP contribution >= 0.6 is 0 Å². The number of fused-ring (bicyclic) bond motifs is 1. The smallest absolute Gasteiger partial charge is 0.0184 e. The van der Waals surface area contributed by atoms with E-state index in [0.29, 0.717) is 0 Å². The van der Waals surface area contributed by atoms with Crippen LogP contribution in [0.5, 0.6) is 0 Å². The number of hydrogen-bond acceptors (Lipinski definition) is 2. The van der Waals surface area contributed by atoms with Crippen molar-refractivity contribution in [3.63, 3.8) is 0 Å². The zero-order chi connectivity index (χ0) is 19.9. The summed E-state index contributed by atoms with van der Waals surface area (Å²) in [6.07, 6.45) is 0. The second-order valence-corrected chi connectivity index (χ2v) is 4.00. The van der Waals surface area contributed by atoms with Gasteiger partial charge in [-0.25, -0.2) is 0 Å². The molecule has 26 heavy (non-hydrogen) atoms. The van der Waals surface area contributed by atoms with Gasteiger partial charge in [0.1, 0.15) is 0 Å². The Balaban J connectivity index is -0.000000134. The molecule has 0 aliphatic heterocycles. The summed E-state index contributed by atoms with van der Waals surface area (Å²) >= 11 is 0. The van der Waals surface area contributed by atoms with Crippen molar-refractivity contribution >= 4 is 10.8 Å². The molecule has 3 aromatic carbocycles. The summed E-state index contributed by atoms with van der Waals surface area (Å²) in [5.74, 6) is 0. The summed E-state index contributed by atoms with van der Waals surface area (Å²) in [5, 5.41) is 2.62. The van der Waals surface area contributed by atoms with E-state index in [9.17, 15) is 0 Å². The quantitative estimate of drug-likeness (QED) is 0.471.